The maximum absolute atomic E-state index is 12.0. The van der Waals surface area contributed by atoms with Gasteiger partial charge in [0.05, 0.1) is 27.4 Å². The third-order valence-corrected chi connectivity index (χ3v) is 3.69. The van der Waals surface area contributed by atoms with Gasteiger partial charge in [-0.15, -0.1) is 0 Å². The Balaban J connectivity index is 2.66. The fourth-order valence-corrected chi connectivity index (χ4v) is 2.75. The molecule has 7 nitrogen and oxygen atoms in total. The van der Waals surface area contributed by atoms with Crippen LogP contribution in [0.1, 0.15) is 25.5 Å². The molecule has 0 saturated carbocycles. The summed E-state index contributed by atoms with van der Waals surface area (Å²) >= 11 is 0. The lowest BCUT2D eigenvalue weighted by Gasteiger charge is -2.29. The van der Waals surface area contributed by atoms with Gasteiger partial charge in [0, 0.05) is 16.8 Å². The van der Waals surface area contributed by atoms with Gasteiger partial charge in [-0.05, 0) is 26.0 Å². The molecular formula is C16H20N2O5. The van der Waals surface area contributed by atoms with E-state index in [2.05, 4.69) is 10.6 Å². The number of nitrogens with one attached hydrogen (secondary N) is 2. The first-order valence-electron chi connectivity index (χ1n) is 7.02. The Morgan fingerprint density at radius 2 is 1.74 bits per heavy atom. The molecule has 0 spiro atoms. The van der Waals surface area contributed by atoms with Gasteiger partial charge in [0.1, 0.15) is 0 Å². The molecule has 1 aromatic carbocycles. The molecule has 124 valence electrons. The van der Waals surface area contributed by atoms with Crippen LogP contribution in [-0.4, -0.2) is 33.1 Å². The molecule has 0 bridgehead atoms. The largest absolute Gasteiger partial charge is 0.493 e. The highest BCUT2D eigenvalue weighted by molar-refractivity contribution is 5.98. The Morgan fingerprint density at radius 1 is 1.09 bits per heavy atom. The predicted octanol–water partition coefficient (Wildman–Crippen LogP) is 1.93. The fourth-order valence-electron chi connectivity index (χ4n) is 2.75. The first-order chi connectivity index (χ1) is 10.9. The number of carbonyl (C=O) groups excluding carboxylic acids is 2. The molecule has 0 aliphatic carbocycles. The second kappa shape index (κ2) is 6.60. The number of benzene rings is 1. The van der Waals surface area contributed by atoms with Crippen LogP contribution < -0.4 is 24.8 Å². The summed E-state index contributed by atoms with van der Waals surface area (Å²) in [6, 6.07) is 2.44. The van der Waals surface area contributed by atoms with Crippen molar-refractivity contribution >= 4 is 11.8 Å². The molecule has 23 heavy (non-hydrogen) atoms. The molecule has 2 rings (SSSR count). The van der Waals surface area contributed by atoms with Gasteiger partial charge < -0.3 is 24.8 Å². The van der Waals surface area contributed by atoms with E-state index < -0.39 is 6.04 Å². The lowest BCUT2D eigenvalue weighted by atomic mass is 9.92. The first kappa shape index (κ1) is 16.7. The van der Waals surface area contributed by atoms with Crippen LogP contribution in [0.4, 0.5) is 4.79 Å². The summed E-state index contributed by atoms with van der Waals surface area (Å²) in [5.74, 6) is 1.17. The fraction of sp³-hybridized carbons (Fsp3) is 0.375. The molecule has 0 radical (unpaired) electrons. The predicted molar refractivity (Wildman–Crippen MR) is 83.9 cm³/mol. The van der Waals surface area contributed by atoms with Gasteiger partial charge in [0.2, 0.25) is 5.75 Å². The Hall–Kier alpha value is -2.70. The van der Waals surface area contributed by atoms with Crippen LogP contribution in [0.3, 0.4) is 0 Å². The SMILES string of the molecule is COc1ccc(C2NC(=O)NC(C)=C2C(C)=O)c(OC)c1OC. The molecule has 7 heteroatoms. The maximum atomic E-state index is 12.0. The minimum absolute atomic E-state index is 0.142. The molecule has 0 aromatic heterocycles. The third kappa shape index (κ3) is 2.94. The number of rotatable bonds is 5. The van der Waals surface area contributed by atoms with Crippen LogP contribution in [-0.2, 0) is 4.79 Å². The zero-order valence-electron chi connectivity index (χ0n) is 13.8. The minimum Gasteiger partial charge on any atom is -0.493 e. The van der Waals surface area contributed by atoms with Gasteiger partial charge in [0.15, 0.2) is 17.3 Å². The van der Waals surface area contributed by atoms with E-state index in [1.54, 1.807) is 19.1 Å². The average Bonchev–Trinajstić information content (AvgIpc) is 2.51. The van der Waals surface area contributed by atoms with Gasteiger partial charge in [-0.2, -0.15) is 0 Å². The summed E-state index contributed by atoms with van der Waals surface area (Å²) in [5.41, 5.74) is 1.60. The average molecular weight is 320 g/mol. The molecule has 2 N–H and O–H groups in total. The highest BCUT2D eigenvalue weighted by Crippen LogP contribution is 2.44. The van der Waals surface area contributed by atoms with Crippen molar-refractivity contribution in [2.24, 2.45) is 0 Å². The number of methoxy groups -OCH3 is 3. The lowest BCUT2D eigenvalue weighted by molar-refractivity contribution is -0.114. The number of amides is 2. The van der Waals surface area contributed by atoms with Crippen LogP contribution in [0.25, 0.3) is 0 Å². The van der Waals surface area contributed by atoms with Crippen molar-refractivity contribution in [2.45, 2.75) is 19.9 Å². The van der Waals surface area contributed by atoms with Crippen LogP contribution >= 0.6 is 0 Å². The molecule has 1 aromatic rings. The van der Waals surface area contributed by atoms with Crippen molar-refractivity contribution in [1.82, 2.24) is 10.6 Å². The van der Waals surface area contributed by atoms with Crippen molar-refractivity contribution in [1.29, 1.82) is 0 Å². The molecule has 1 aliphatic heterocycles. The van der Waals surface area contributed by atoms with Crippen LogP contribution in [0, 0.1) is 0 Å². The molecule has 2 amide bonds. The van der Waals surface area contributed by atoms with Gasteiger partial charge in [-0.3, -0.25) is 4.79 Å². The monoisotopic (exact) mass is 320 g/mol. The highest BCUT2D eigenvalue weighted by atomic mass is 16.5. The van der Waals surface area contributed by atoms with Crippen LogP contribution in [0.5, 0.6) is 17.2 Å². The quantitative estimate of drug-likeness (QED) is 0.866. The second-order valence-electron chi connectivity index (χ2n) is 5.05. The van der Waals surface area contributed by atoms with Gasteiger partial charge >= 0.3 is 6.03 Å². The molecule has 0 fully saturated rings. The van der Waals surface area contributed by atoms with E-state index in [0.717, 1.165) is 0 Å². The smallest absolute Gasteiger partial charge is 0.319 e. The normalized spacial score (nSPS) is 17.3. The Morgan fingerprint density at radius 3 is 2.26 bits per heavy atom. The van der Waals surface area contributed by atoms with Gasteiger partial charge in [-0.1, -0.05) is 0 Å². The van der Waals surface area contributed by atoms with E-state index in [4.69, 9.17) is 14.2 Å². The Bertz CT molecular complexity index is 681. The highest BCUT2D eigenvalue weighted by Gasteiger charge is 2.32. The molecule has 0 saturated heterocycles. The number of urea groups is 1. The standard InChI is InChI=1S/C16H20N2O5/c1-8-12(9(2)19)13(18-16(20)17-8)10-6-7-11(21-3)15(23-5)14(10)22-4/h6-7,13H,1-5H3,(H2,17,18,20). The number of ether oxygens (including phenoxy) is 3. The number of allylic oxidation sites excluding steroid dienone is 1. The summed E-state index contributed by atoms with van der Waals surface area (Å²) in [7, 11) is 4.51. The maximum Gasteiger partial charge on any atom is 0.319 e. The first-order valence-corrected chi connectivity index (χ1v) is 7.02. The number of hydrogen-bond donors (Lipinski definition) is 2. The van der Waals surface area contributed by atoms with E-state index >= 15 is 0 Å². The van der Waals surface area contributed by atoms with E-state index in [1.807, 2.05) is 0 Å². The summed E-state index contributed by atoms with van der Waals surface area (Å²) in [6.45, 7) is 3.15. The third-order valence-electron chi connectivity index (χ3n) is 3.69. The van der Waals surface area contributed by atoms with Crippen LogP contribution in [0.15, 0.2) is 23.4 Å². The molecule has 1 unspecified atom stereocenters. The van der Waals surface area contributed by atoms with Crippen molar-refractivity contribution in [3.05, 3.63) is 29.0 Å². The lowest BCUT2D eigenvalue weighted by Crippen LogP contribution is -2.44. The summed E-state index contributed by atoms with van der Waals surface area (Å²) in [6.07, 6.45) is 0. The summed E-state index contributed by atoms with van der Waals surface area (Å²) in [4.78, 5) is 23.9. The molecule has 1 aliphatic rings. The van der Waals surface area contributed by atoms with Crippen LogP contribution in [0.2, 0.25) is 0 Å². The minimum atomic E-state index is -0.629. The van der Waals surface area contributed by atoms with Crippen molar-refractivity contribution in [3.63, 3.8) is 0 Å². The summed E-state index contributed by atoms with van der Waals surface area (Å²) < 4.78 is 16.1. The topological polar surface area (TPSA) is 85.9 Å². The zero-order chi connectivity index (χ0) is 17.1. The van der Waals surface area contributed by atoms with Gasteiger partial charge in [0.25, 0.3) is 0 Å². The number of hydrogen-bond acceptors (Lipinski definition) is 5. The Labute approximate surface area is 134 Å². The Kier molecular flexibility index (Phi) is 4.78. The number of Topliss-reactive ketones (excluding diaryl/α,β-unsaturated/α-hetero) is 1. The molecule has 1 heterocycles. The van der Waals surface area contributed by atoms with Gasteiger partial charge in [-0.25, -0.2) is 4.79 Å². The van der Waals surface area contributed by atoms with Crippen molar-refractivity contribution in [3.8, 4) is 17.2 Å². The van der Waals surface area contributed by atoms with E-state index in [9.17, 15) is 9.59 Å². The number of carbonyl (C=O) groups is 2. The van der Waals surface area contributed by atoms with E-state index in [-0.39, 0.29) is 11.8 Å². The van der Waals surface area contributed by atoms with E-state index in [1.165, 1.54) is 28.3 Å². The second-order valence-corrected chi connectivity index (χ2v) is 5.05. The number of ketones is 1. The van der Waals surface area contributed by atoms with Crippen molar-refractivity contribution < 1.29 is 23.8 Å². The van der Waals surface area contributed by atoms with E-state index in [0.29, 0.717) is 34.1 Å². The van der Waals surface area contributed by atoms with Crippen molar-refractivity contribution in [2.75, 3.05) is 21.3 Å². The zero-order valence-corrected chi connectivity index (χ0v) is 13.8. The molecule has 1 atom stereocenters. The molecular weight excluding hydrogens is 300 g/mol. The summed E-state index contributed by atoms with van der Waals surface area (Å²) in [5, 5.41) is 5.36.